The fourth-order valence-corrected chi connectivity index (χ4v) is 3.49. The predicted octanol–water partition coefficient (Wildman–Crippen LogP) is 1.52. The average Bonchev–Trinajstić information content (AvgIpc) is 2.44. The third kappa shape index (κ3) is 5.47. The van der Waals surface area contributed by atoms with Gasteiger partial charge in [-0.05, 0) is 37.6 Å². The molecule has 0 bridgehead atoms. The van der Waals surface area contributed by atoms with Crippen LogP contribution < -0.4 is 9.62 Å². The SMILES string of the molecule is CC[C@H](C(=O)N[C@H](C)COC)N(c1ccc(F)cc1)S(C)(=O)=O. The molecule has 130 valence electrons. The molecule has 0 saturated carbocycles. The smallest absolute Gasteiger partial charge is 0.244 e. The number of hydrogen-bond acceptors (Lipinski definition) is 4. The Labute approximate surface area is 136 Å². The Bertz CT molecular complexity index is 619. The second-order valence-electron chi connectivity index (χ2n) is 5.32. The minimum Gasteiger partial charge on any atom is -0.383 e. The molecule has 0 saturated heterocycles. The molecule has 8 heteroatoms. The van der Waals surface area contributed by atoms with Crippen LogP contribution in [-0.2, 0) is 19.6 Å². The van der Waals surface area contributed by atoms with E-state index < -0.39 is 27.8 Å². The van der Waals surface area contributed by atoms with E-state index in [0.717, 1.165) is 22.7 Å². The number of carbonyl (C=O) groups excluding carboxylic acids is 1. The van der Waals surface area contributed by atoms with Crippen molar-refractivity contribution in [1.29, 1.82) is 0 Å². The molecule has 1 N–H and O–H groups in total. The summed E-state index contributed by atoms with van der Waals surface area (Å²) < 4.78 is 43.4. The van der Waals surface area contributed by atoms with Crippen LogP contribution in [0.5, 0.6) is 0 Å². The van der Waals surface area contributed by atoms with E-state index in [4.69, 9.17) is 4.74 Å². The third-order valence-electron chi connectivity index (χ3n) is 3.22. The van der Waals surface area contributed by atoms with E-state index in [0.29, 0.717) is 6.61 Å². The van der Waals surface area contributed by atoms with Gasteiger partial charge in [0.25, 0.3) is 0 Å². The Morgan fingerprint density at radius 3 is 2.35 bits per heavy atom. The van der Waals surface area contributed by atoms with E-state index in [1.54, 1.807) is 13.8 Å². The van der Waals surface area contributed by atoms with Crippen molar-refractivity contribution in [3.8, 4) is 0 Å². The molecule has 0 spiro atoms. The number of sulfonamides is 1. The quantitative estimate of drug-likeness (QED) is 0.774. The van der Waals surface area contributed by atoms with Crippen LogP contribution in [0.1, 0.15) is 20.3 Å². The number of methoxy groups -OCH3 is 1. The lowest BCUT2D eigenvalue weighted by atomic mass is 10.1. The summed E-state index contributed by atoms with van der Waals surface area (Å²) in [5.41, 5.74) is 0.246. The molecule has 0 fully saturated rings. The van der Waals surface area contributed by atoms with Crippen molar-refractivity contribution in [2.45, 2.75) is 32.4 Å². The Morgan fingerprint density at radius 2 is 1.91 bits per heavy atom. The van der Waals surface area contributed by atoms with E-state index in [9.17, 15) is 17.6 Å². The van der Waals surface area contributed by atoms with Gasteiger partial charge in [0.1, 0.15) is 11.9 Å². The zero-order valence-corrected chi connectivity index (χ0v) is 14.6. The van der Waals surface area contributed by atoms with E-state index >= 15 is 0 Å². The number of ether oxygens (including phenoxy) is 1. The van der Waals surface area contributed by atoms with Gasteiger partial charge in [0.05, 0.1) is 18.6 Å². The van der Waals surface area contributed by atoms with Gasteiger partial charge < -0.3 is 10.1 Å². The molecule has 1 rings (SSSR count). The topological polar surface area (TPSA) is 75.7 Å². The zero-order valence-electron chi connectivity index (χ0n) is 13.7. The normalized spacial score (nSPS) is 14.1. The molecule has 0 aromatic heterocycles. The highest BCUT2D eigenvalue weighted by Crippen LogP contribution is 2.22. The highest BCUT2D eigenvalue weighted by Gasteiger charge is 2.31. The maximum absolute atomic E-state index is 13.1. The highest BCUT2D eigenvalue weighted by molar-refractivity contribution is 7.92. The summed E-state index contributed by atoms with van der Waals surface area (Å²) >= 11 is 0. The fourth-order valence-electron chi connectivity index (χ4n) is 2.28. The average molecular weight is 346 g/mol. The minimum atomic E-state index is -3.72. The standard InChI is InChI=1S/C15H23FN2O4S/c1-5-14(15(19)17-11(2)10-22-3)18(23(4,20)21)13-8-6-12(16)7-9-13/h6-9,11,14H,5,10H2,1-4H3,(H,17,19)/t11-,14-/m1/s1. The summed E-state index contributed by atoms with van der Waals surface area (Å²) in [6.45, 7) is 3.79. The number of anilines is 1. The summed E-state index contributed by atoms with van der Waals surface area (Å²) in [5.74, 6) is -0.903. The number of amides is 1. The first kappa shape index (κ1) is 19.4. The van der Waals surface area contributed by atoms with E-state index in [1.165, 1.54) is 19.2 Å². The van der Waals surface area contributed by atoms with E-state index in [-0.39, 0.29) is 18.2 Å². The molecule has 1 aromatic rings. The molecule has 0 unspecified atom stereocenters. The molecule has 0 aliphatic carbocycles. The molecule has 0 aliphatic heterocycles. The van der Waals surface area contributed by atoms with Crippen LogP contribution in [-0.4, -0.2) is 46.4 Å². The van der Waals surface area contributed by atoms with E-state index in [1.807, 2.05) is 0 Å². The van der Waals surface area contributed by atoms with Crippen LogP contribution in [0.2, 0.25) is 0 Å². The van der Waals surface area contributed by atoms with Gasteiger partial charge in [-0.25, -0.2) is 12.8 Å². The van der Waals surface area contributed by atoms with Gasteiger partial charge in [-0.15, -0.1) is 0 Å². The van der Waals surface area contributed by atoms with Crippen LogP contribution in [0.15, 0.2) is 24.3 Å². The summed E-state index contributed by atoms with van der Waals surface area (Å²) in [5, 5.41) is 2.72. The second kappa shape index (κ2) is 8.26. The van der Waals surface area contributed by atoms with Gasteiger partial charge in [0.2, 0.25) is 15.9 Å². The van der Waals surface area contributed by atoms with Crippen molar-refractivity contribution in [3.63, 3.8) is 0 Å². The minimum absolute atomic E-state index is 0.246. The Hall–Kier alpha value is -1.67. The lowest BCUT2D eigenvalue weighted by molar-refractivity contribution is -0.123. The van der Waals surface area contributed by atoms with Gasteiger partial charge >= 0.3 is 0 Å². The van der Waals surface area contributed by atoms with Crippen LogP contribution in [0, 0.1) is 5.82 Å². The van der Waals surface area contributed by atoms with E-state index in [2.05, 4.69) is 5.32 Å². The summed E-state index contributed by atoms with van der Waals surface area (Å²) in [7, 11) is -2.20. The number of rotatable bonds is 8. The molecular formula is C15H23FN2O4S. The lowest BCUT2D eigenvalue weighted by Gasteiger charge is -2.31. The van der Waals surface area contributed by atoms with Gasteiger partial charge in [-0.1, -0.05) is 6.92 Å². The fraction of sp³-hybridized carbons (Fsp3) is 0.533. The van der Waals surface area contributed by atoms with Gasteiger partial charge in [-0.2, -0.15) is 0 Å². The molecule has 2 atom stereocenters. The summed E-state index contributed by atoms with van der Waals surface area (Å²) in [6, 6.07) is 3.82. The second-order valence-corrected chi connectivity index (χ2v) is 7.18. The molecule has 0 heterocycles. The lowest BCUT2D eigenvalue weighted by Crippen LogP contribution is -2.51. The molecular weight excluding hydrogens is 323 g/mol. The molecule has 0 radical (unpaired) electrons. The van der Waals surface area contributed by atoms with Crippen molar-refractivity contribution >= 4 is 21.6 Å². The molecule has 0 aliphatic rings. The van der Waals surface area contributed by atoms with Gasteiger partial charge in [0.15, 0.2) is 0 Å². The van der Waals surface area contributed by atoms with Crippen molar-refractivity contribution in [2.75, 3.05) is 24.3 Å². The summed E-state index contributed by atoms with van der Waals surface area (Å²) in [4.78, 5) is 12.4. The monoisotopic (exact) mass is 346 g/mol. The van der Waals surface area contributed by atoms with Gasteiger partial charge in [-0.3, -0.25) is 9.10 Å². The molecule has 6 nitrogen and oxygen atoms in total. The number of nitrogens with zero attached hydrogens (tertiary/aromatic N) is 1. The Morgan fingerprint density at radius 1 is 1.35 bits per heavy atom. The predicted molar refractivity (Wildman–Crippen MR) is 87.3 cm³/mol. The third-order valence-corrected chi connectivity index (χ3v) is 4.40. The van der Waals surface area contributed by atoms with Crippen LogP contribution in [0.3, 0.4) is 0 Å². The number of hydrogen-bond donors (Lipinski definition) is 1. The van der Waals surface area contributed by atoms with Crippen LogP contribution >= 0.6 is 0 Å². The van der Waals surface area contributed by atoms with Gasteiger partial charge in [0, 0.05) is 13.2 Å². The first-order valence-electron chi connectivity index (χ1n) is 7.25. The molecule has 23 heavy (non-hydrogen) atoms. The number of carbonyl (C=O) groups is 1. The molecule has 1 aromatic carbocycles. The zero-order chi connectivity index (χ0) is 17.6. The maximum atomic E-state index is 13.1. The maximum Gasteiger partial charge on any atom is 0.244 e. The highest BCUT2D eigenvalue weighted by atomic mass is 32.2. The largest absolute Gasteiger partial charge is 0.383 e. The first-order valence-corrected chi connectivity index (χ1v) is 9.09. The summed E-state index contributed by atoms with van der Waals surface area (Å²) in [6.07, 6.45) is 1.29. The van der Waals surface area contributed by atoms with Crippen molar-refractivity contribution in [3.05, 3.63) is 30.1 Å². The number of halogens is 1. The van der Waals surface area contributed by atoms with Crippen molar-refractivity contribution < 1.29 is 22.3 Å². The Balaban J connectivity index is 3.13. The van der Waals surface area contributed by atoms with Crippen molar-refractivity contribution in [1.82, 2.24) is 5.32 Å². The van der Waals surface area contributed by atoms with Crippen molar-refractivity contribution in [2.24, 2.45) is 0 Å². The number of nitrogens with one attached hydrogen (secondary N) is 1. The Kier molecular flexibility index (Phi) is 6.96. The molecule has 1 amide bonds. The van der Waals surface area contributed by atoms with Crippen LogP contribution in [0.4, 0.5) is 10.1 Å². The number of benzene rings is 1. The van der Waals surface area contributed by atoms with Crippen LogP contribution in [0.25, 0.3) is 0 Å². The first-order chi connectivity index (χ1) is 10.7.